The van der Waals surface area contributed by atoms with Crippen LogP contribution in [0.5, 0.6) is 0 Å². The van der Waals surface area contributed by atoms with Crippen molar-refractivity contribution in [2.75, 3.05) is 5.32 Å². The normalized spacial score (nSPS) is 10.5. The Balaban J connectivity index is 2.00. The van der Waals surface area contributed by atoms with Crippen molar-refractivity contribution in [2.45, 2.75) is 0 Å². The minimum atomic E-state index is -1.02. The van der Waals surface area contributed by atoms with Gasteiger partial charge in [0.05, 0.1) is 16.5 Å². The van der Waals surface area contributed by atoms with Crippen LogP contribution < -0.4 is 10.9 Å². The number of carbonyl (C=O) groups is 1. The van der Waals surface area contributed by atoms with Crippen molar-refractivity contribution in [2.24, 2.45) is 0 Å². The van der Waals surface area contributed by atoms with E-state index in [1.165, 1.54) is 12.1 Å². The summed E-state index contributed by atoms with van der Waals surface area (Å²) in [5, 5.41) is 12.4. The Bertz CT molecular complexity index is 886. The highest BCUT2D eigenvalue weighted by Gasteiger charge is 2.06. The van der Waals surface area contributed by atoms with Crippen LogP contribution in [0.1, 0.15) is 10.4 Å². The number of carboxylic acids is 1. The van der Waals surface area contributed by atoms with Gasteiger partial charge in [-0.2, -0.15) is 4.98 Å². The average Bonchev–Trinajstić information content (AvgIpc) is 2.47. The largest absolute Gasteiger partial charge is 0.478 e. The Hall–Kier alpha value is -3.15. The number of aromatic carboxylic acids is 1. The summed E-state index contributed by atoms with van der Waals surface area (Å²) in [5.74, 6) is -0.750. The van der Waals surface area contributed by atoms with E-state index in [4.69, 9.17) is 5.11 Å². The van der Waals surface area contributed by atoms with E-state index >= 15 is 0 Å². The number of fused-ring (bicyclic) bond motifs is 1. The van der Waals surface area contributed by atoms with E-state index in [9.17, 15) is 9.59 Å². The molecule has 0 bridgehead atoms. The number of carboxylic acid groups (broad SMARTS) is 1. The molecule has 0 radical (unpaired) electrons. The molecule has 0 amide bonds. The molecule has 0 fully saturated rings. The number of hydrogen-bond acceptors (Lipinski definition) is 4. The summed E-state index contributed by atoms with van der Waals surface area (Å²) < 4.78 is 0. The van der Waals surface area contributed by atoms with Gasteiger partial charge in [0.1, 0.15) is 0 Å². The molecule has 0 aliphatic rings. The maximum atomic E-state index is 11.9. The first-order chi connectivity index (χ1) is 10.1. The molecule has 1 aromatic heterocycles. The highest BCUT2D eigenvalue weighted by molar-refractivity contribution is 5.89. The van der Waals surface area contributed by atoms with Gasteiger partial charge in [-0.3, -0.25) is 4.79 Å². The maximum Gasteiger partial charge on any atom is 0.335 e. The van der Waals surface area contributed by atoms with Crippen molar-refractivity contribution >= 4 is 28.5 Å². The fourth-order valence-corrected chi connectivity index (χ4v) is 2.02. The van der Waals surface area contributed by atoms with Crippen molar-refractivity contribution < 1.29 is 9.90 Å². The smallest absolute Gasteiger partial charge is 0.335 e. The Morgan fingerprint density at radius 2 is 1.95 bits per heavy atom. The molecule has 6 nitrogen and oxygen atoms in total. The molecule has 21 heavy (non-hydrogen) atoms. The standard InChI is InChI=1S/C15H11N3O3/c19-13-11-6-1-2-7-12(11)17-15(18-13)16-10-5-3-4-9(8-10)14(20)21/h1-8H,(H,20,21)(H2,16,17,18,19). The first-order valence-corrected chi connectivity index (χ1v) is 6.23. The molecule has 1 heterocycles. The number of H-pyrrole nitrogens is 1. The molecule has 0 spiro atoms. The van der Waals surface area contributed by atoms with Crippen LogP contribution in [0.3, 0.4) is 0 Å². The average molecular weight is 281 g/mol. The lowest BCUT2D eigenvalue weighted by Crippen LogP contribution is -2.11. The first-order valence-electron chi connectivity index (χ1n) is 6.23. The lowest BCUT2D eigenvalue weighted by Gasteiger charge is -2.07. The van der Waals surface area contributed by atoms with Crippen LogP contribution in [0.25, 0.3) is 10.9 Å². The second kappa shape index (κ2) is 5.09. The van der Waals surface area contributed by atoms with Gasteiger partial charge in [-0.25, -0.2) is 4.79 Å². The van der Waals surface area contributed by atoms with Crippen LogP contribution in [0.15, 0.2) is 53.3 Å². The van der Waals surface area contributed by atoms with E-state index in [2.05, 4.69) is 15.3 Å². The lowest BCUT2D eigenvalue weighted by atomic mass is 10.2. The summed E-state index contributed by atoms with van der Waals surface area (Å²) in [6.45, 7) is 0. The van der Waals surface area contributed by atoms with Crippen LogP contribution >= 0.6 is 0 Å². The third-order valence-electron chi connectivity index (χ3n) is 3.00. The number of anilines is 2. The van der Waals surface area contributed by atoms with Gasteiger partial charge >= 0.3 is 5.97 Å². The van der Waals surface area contributed by atoms with Gasteiger partial charge in [0.25, 0.3) is 5.56 Å². The monoisotopic (exact) mass is 281 g/mol. The topological polar surface area (TPSA) is 95.1 Å². The van der Waals surface area contributed by atoms with Gasteiger partial charge < -0.3 is 15.4 Å². The quantitative estimate of drug-likeness (QED) is 0.685. The summed E-state index contributed by atoms with van der Waals surface area (Å²) in [6.07, 6.45) is 0. The fourth-order valence-electron chi connectivity index (χ4n) is 2.02. The van der Waals surface area contributed by atoms with Crippen molar-refractivity contribution in [3.8, 4) is 0 Å². The number of hydrogen-bond donors (Lipinski definition) is 3. The molecule has 0 saturated carbocycles. The lowest BCUT2D eigenvalue weighted by molar-refractivity contribution is 0.0697. The summed E-state index contributed by atoms with van der Waals surface area (Å²) in [4.78, 5) is 29.7. The molecule has 2 aromatic carbocycles. The van der Waals surface area contributed by atoms with Crippen LogP contribution in [0, 0.1) is 0 Å². The second-order valence-electron chi connectivity index (χ2n) is 4.45. The molecule has 3 N–H and O–H groups in total. The molecule has 0 aliphatic heterocycles. The number of benzene rings is 2. The van der Waals surface area contributed by atoms with E-state index in [0.29, 0.717) is 16.6 Å². The third-order valence-corrected chi connectivity index (χ3v) is 3.00. The number of nitrogens with one attached hydrogen (secondary N) is 2. The minimum absolute atomic E-state index is 0.156. The molecule has 0 unspecified atom stereocenters. The number of para-hydroxylation sites is 1. The minimum Gasteiger partial charge on any atom is -0.478 e. The summed E-state index contributed by atoms with van der Waals surface area (Å²) in [7, 11) is 0. The van der Waals surface area contributed by atoms with Crippen molar-refractivity contribution in [3.05, 3.63) is 64.4 Å². The zero-order valence-electron chi connectivity index (χ0n) is 10.8. The highest BCUT2D eigenvalue weighted by atomic mass is 16.4. The van der Waals surface area contributed by atoms with Crippen LogP contribution in [0.2, 0.25) is 0 Å². The van der Waals surface area contributed by atoms with Crippen molar-refractivity contribution in [1.29, 1.82) is 0 Å². The Kier molecular flexibility index (Phi) is 3.12. The Labute approximate surface area is 119 Å². The van der Waals surface area contributed by atoms with Gasteiger partial charge in [0, 0.05) is 5.69 Å². The molecule has 3 aromatic rings. The van der Waals surface area contributed by atoms with E-state index < -0.39 is 5.97 Å². The predicted molar refractivity (Wildman–Crippen MR) is 79.0 cm³/mol. The number of aromatic nitrogens is 2. The molecular weight excluding hydrogens is 270 g/mol. The predicted octanol–water partition coefficient (Wildman–Crippen LogP) is 2.36. The van der Waals surface area contributed by atoms with Gasteiger partial charge in [-0.1, -0.05) is 18.2 Å². The fraction of sp³-hybridized carbons (Fsp3) is 0. The first kappa shape index (κ1) is 12.9. The molecule has 0 atom stereocenters. The zero-order chi connectivity index (χ0) is 14.8. The number of nitrogens with zero attached hydrogens (tertiary/aromatic N) is 1. The Morgan fingerprint density at radius 1 is 1.14 bits per heavy atom. The molecule has 3 rings (SSSR count). The van der Waals surface area contributed by atoms with E-state index in [-0.39, 0.29) is 17.1 Å². The van der Waals surface area contributed by atoms with Gasteiger partial charge in [-0.15, -0.1) is 0 Å². The summed E-state index contributed by atoms with van der Waals surface area (Å²) in [5.41, 5.74) is 1.01. The molecule has 0 saturated heterocycles. The molecule has 0 aliphatic carbocycles. The zero-order valence-corrected chi connectivity index (χ0v) is 10.8. The second-order valence-corrected chi connectivity index (χ2v) is 4.45. The van der Waals surface area contributed by atoms with Gasteiger partial charge in [0.15, 0.2) is 0 Å². The summed E-state index contributed by atoms with van der Waals surface area (Å²) >= 11 is 0. The van der Waals surface area contributed by atoms with Crippen LogP contribution in [0.4, 0.5) is 11.6 Å². The van der Waals surface area contributed by atoms with Crippen molar-refractivity contribution in [3.63, 3.8) is 0 Å². The van der Waals surface area contributed by atoms with Gasteiger partial charge in [0.2, 0.25) is 5.95 Å². The molecule has 104 valence electrons. The molecule has 6 heteroatoms. The Morgan fingerprint density at radius 3 is 2.76 bits per heavy atom. The highest BCUT2D eigenvalue weighted by Crippen LogP contribution is 2.15. The number of rotatable bonds is 3. The van der Waals surface area contributed by atoms with E-state index in [1.807, 2.05) is 6.07 Å². The van der Waals surface area contributed by atoms with Crippen LogP contribution in [-0.4, -0.2) is 21.0 Å². The third kappa shape index (κ3) is 2.59. The maximum absolute atomic E-state index is 11.9. The summed E-state index contributed by atoms with van der Waals surface area (Å²) in [6, 6.07) is 13.3. The SMILES string of the molecule is O=C(O)c1cccc(Nc2nc(=O)c3ccccc3[nH]2)c1. The number of aromatic amines is 1. The van der Waals surface area contributed by atoms with E-state index in [1.54, 1.807) is 30.3 Å². The molecular formula is C15H11N3O3. The van der Waals surface area contributed by atoms with E-state index in [0.717, 1.165) is 0 Å². The van der Waals surface area contributed by atoms with Crippen LogP contribution in [-0.2, 0) is 0 Å². The van der Waals surface area contributed by atoms with Gasteiger partial charge in [-0.05, 0) is 30.3 Å². The van der Waals surface area contributed by atoms with Crippen molar-refractivity contribution in [1.82, 2.24) is 9.97 Å².